The van der Waals surface area contributed by atoms with E-state index in [1.165, 1.54) is 11.3 Å². The number of thiazole rings is 1. The van der Waals surface area contributed by atoms with Crippen LogP contribution < -0.4 is 4.90 Å². The third kappa shape index (κ3) is 1.95. The van der Waals surface area contributed by atoms with Gasteiger partial charge in [-0.3, -0.25) is 0 Å². The molecule has 1 rings (SSSR count). The summed E-state index contributed by atoms with van der Waals surface area (Å²) in [5.74, 6) is 0. The Morgan fingerprint density at radius 1 is 1.50 bits per heavy atom. The molecule has 0 saturated carbocycles. The van der Waals surface area contributed by atoms with Gasteiger partial charge in [0.2, 0.25) is 0 Å². The van der Waals surface area contributed by atoms with Crippen molar-refractivity contribution < 1.29 is 5.11 Å². The van der Waals surface area contributed by atoms with Crippen LogP contribution in [0.3, 0.4) is 0 Å². The van der Waals surface area contributed by atoms with E-state index in [1.807, 2.05) is 24.4 Å². The van der Waals surface area contributed by atoms with Gasteiger partial charge in [-0.05, 0) is 13.8 Å². The lowest BCUT2D eigenvalue weighted by atomic mass is 10.1. The number of aliphatic hydroxyl groups is 1. The molecule has 0 spiro atoms. The summed E-state index contributed by atoms with van der Waals surface area (Å²) in [7, 11) is 3.87. The van der Waals surface area contributed by atoms with Crippen LogP contribution in [-0.2, 0) is 5.60 Å². The van der Waals surface area contributed by atoms with Crippen molar-refractivity contribution in [2.75, 3.05) is 19.0 Å². The first-order valence-electron chi connectivity index (χ1n) is 3.77. The van der Waals surface area contributed by atoms with Gasteiger partial charge in [0.15, 0.2) is 5.13 Å². The number of hydrogen-bond acceptors (Lipinski definition) is 4. The van der Waals surface area contributed by atoms with Gasteiger partial charge in [0.1, 0.15) is 5.60 Å². The summed E-state index contributed by atoms with van der Waals surface area (Å²) in [6, 6.07) is 0. The Morgan fingerprint density at radius 2 is 2.08 bits per heavy atom. The second-order valence-corrected chi connectivity index (χ2v) is 4.31. The highest BCUT2D eigenvalue weighted by atomic mass is 32.1. The molecule has 0 aliphatic carbocycles. The van der Waals surface area contributed by atoms with E-state index in [0.717, 1.165) is 10.8 Å². The number of nitrogens with zero attached hydrogens (tertiary/aromatic N) is 2. The van der Waals surface area contributed by atoms with Gasteiger partial charge >= 0.3 is 0 Å². The zero-order chi connectivity index (χ0) is 9.35. The van der Waals surface area contributed by atoms with Crippen molar-refractivity contribution in [2.45, 2.75) is 19.4 Å². The molecule has 1 aromatic rings. The smallest absolute Gasteiger partial charge is 0.185 e. The van der Waals surface area contributed by atoms with Gasteiger partial charge in [-0.1, -0.05) is 0 Å². The Labute approximate surface area is 76.7 Å². The Bertz CT molecular complexity index is 262. The summed E-state index contributed by atoms with van der Waals surface area (Å²) in [5.41, 5.74) is -0.0960. The highest BCUT2D eigenvalue weighted by molar-refractivity contribution is 7.13. The summed E-state index contributed by atoms with van der Waals surface area (Å²) in [6.45, 7) is 3.48. The molecule has 0 bridgehead atoms. The van der Waals surface area contributed by atoms with Gasteiger partial charge in [0.25, 0.3) is 0 Å². The zero-order valence-corrected chi connectivity index (χ0v) is 8.64. The Hall–Kier alpha value is -0.610. The topological polar surface area (TPSA) is 36.4 Å². The molecule has 0 fully saturated rings. The maximum absolute atomic E-state index is 9.61. The highest BCUT2D eigenvalue weighted by Gasteiger charge is 2.19. The van der Waals surface area contributed by atoms with Crippen LogP contribution in [0.25, 0.3) is 0 Å². The number of aromatic nitrogens is 1. The van der Waals surface area contributed by atoms with E-state index in [9.17, 15) is 5.11 Å². The minimum absolute atomic E-state index is 0.733. The third-order valence-electron chi connectivity index (χ3n) is 1.50. The first-order chi connectivity index (χ1) is 5.41. The van der Waals surface area contributed by atoms with Gasteiger partial charge in [0.05, 0.1) is 5.69 Å². The van der Waals surface area contributed by atoms with Crippen LogP contribution in [0, 0.1) is 0 Å². The average molecular weight is 186 g/mol. The van der Waals surface area contributed by atoms with E-state index < -0.39 is 5.60 Å². The molecule has 0 aliphatic rings. The molecule has 0 amide bonds. The zero-order valence-electron chi connectivity index (χ0n) is 7.83. The van der Waals surface area contributed by atoms with Gasteiger partial charge in [-0.25, -0.2) is 4.98 Å². The Balaban J connectivity index is 2.92. The molecule has 0 radical (unpaired) electrons. The van der Waals surface area contributed by atoms with Crippen molar-refractivity contribution in [3.05, 3.63) is 11.1 Å². The Morgan fingerprint density at radius 3 is 2.33 bits per heavy atom. The lowest BCUT2D eigenvalue weighted by Crippen LogP contribution is -2.16. The molecular weight excluding hydrogens is 172 g/mol. The summed E-state index contributed by atoms with van der Waals surface area (Å²) >= 11 is 1.54. The Kier molecular flexibility index (Phi) is 2.39. The standard InChI is InChI=1S/C8H14N2OS/c1-8(2,11)6-5-12-7(9-6)10(3)4/h5,11H,1-4H3. The molecule has 0 atom stereocenters. The van der Waals surface area contributed by atoms with E-state index in [-0.39, 0.29) is 0 Å². The van der Waals surface area contributed by atoms with Crippen molar-refractivity contribution in [3.63, 3.8) is 0 Å². The molecule has 4 heteroatoms. The van der Waals surface area contributed by atoms with Crippen LogP contribution >= 0.6 is 11.3 Å². The molecule has 68 valence electrons. The molecule has 0 saturated heterocycles. The summed E-state index contributed by atoms with van der Waals surface area (Å²) in [5, 5.41) is 12.4. The largest absolute Gasteiger partial charge is 0.384 e. The van der Waals surface area contributed by atoms with Crippen molar-refractivity contribution in [2.24, 2.45) is 0 Å². The molecule has 12 heavy (non-hydrogen) atoms. The van der Waals surface area contributed by atoms with Crippen LogP contribution in [0.5, 0.6) is 0 Å². The fraction of sp³-hybridized carbons (Fsp3) is 0.625. The van der Waals surface area contributed by atoms with Crippen molar-refractivity contribution in [1.82, 2.24) is 4.98 Å². The SMILES string of the molecule is CN(C)c1nc(C(C)(C)O)cs1. The second kappa shape index (κ2) is 3.03. The predicted octanol–water partition coefficient (Wildman–Crippen LogP) is 1.44. The fourth-order valence-corrected chi connectivity index (χ4v) is 1.67. The van der Waals surface area contributed by atoms with E-state index in [1.54, 1.807) is 13.8 Å². The molecule has 1 heterocycles. The van der Waals surface area contributed by atoms with Gasteiger partial charge in [-0.2, -0.15) is 0 Å². The highest BCUT2D eigenvalue weighted by Crippen LogP contribution is 2.25. The van der Waals surface area contributed by atoms with Crippen LogP contribution in [-0.4, -0.2) is 24.2 Å². The molecule has 1 N–H and O–H groups in total. The molecular formula is C8H14N2OS. The van der Waals surface area contributed by atoms with Crippen LogP contribution in [0.2, 0.25) is 0 Å². The van der Waals surface area contributed by atoms with E-state index >= 15 is 0 Å². The van der Waals surface area contributed by atoms with Gasteiger partial charge in [0, 0.05) is 19.5 Å². The minimum atomic E-state index is -0.829. The molecule has 0 aliphatic heterocycles. The summed E-state index contributed by atoms with van der Waals surface area (Å²) in [4.78, 5) is 6.21. The quantitative estimate of drug-likeness (QED) is 0.759. The fourth-order valence-electron chi connectivity index (χ4n) is 0.751. The number of rotatable bonds is 2. The third-order valence-corrected chi connectivity index (χ3v) is 2.51. The molecule has 0 aromatic carbocycles. The molecule has 1 aromatic heterocycles. The normalized spacial score (nSPS) is 11.8. The van der Waals surface area contributed by atoms with Crippen molar-refractivity contribution in [1.29, 1.82) is 0 Å². The first-order valence-corrected chi connectivity index (χ1v) is 4.65. The van der Waals surface area contributed by atoms with E-state index in [0.29, 0.717) is 0 Å². The summed E-state index contributed by atoms with van der Waals surface area (Å²) in [6.07, 6.45) is 0. The lowest BCUT2D eigenvalue weighted by molar-refractivity contribution is 0.0746. The van der Waals surface area contributed by atoms with E-state index in [2.05, 4.69) is 4.98 Å². The number of anilines is 1. The minimum Gasteiger partial charge on any atom is -0.384 e. The van der Waals surface area contributed by atoms with E-state index in [4.69, 9.17) is 0 Å². The molecule has 0 unspecified atom stereocenters. The first kappa shape index (κ1) is 9.48. The predicted molar refractivity (Wildman–Crippen MR) is 51.7 cm³/mol. The van der Waals surface area contributed by atoms with Gasteiger partial charge < -0.3 is 10.0 Å². The number of hydrogen-bond donors (Lipinski definition) is 1. The van der Waals surface area contributed by atoms with Crippen LogP contribution in [0.15, 0.2) is 5.38 Å². The van der Waals surface area contributed by atoms with Crippen LogP contribution in [0.1, 0.15) is 19.5 Å². The average Bonchev–Trinajstić information content (AvgIpc) is 2.30. The van der Waals surface area contributed by atoms with Crippen LogP contribution in [0.4, 0.5) is 5.13 Å². The van der Waals surface area contributed by atoms with Gasteiger partial charge in [-0.15, -0.1) is 11.3 Å². The van der Waals surface area contributed by atoms with Crippen molar-refractivity contribution in [3.8, 4) is 0 Å². The monoisotopic (exact) mass is 186 g/mol. The lowest BCUT2D eigenvalue weighted by Gasteiger charge is -2.13. The maximum Gasteiger partial charge on any atom is 0.185 e. The maximum atomic E-state index is 9.61. The van der Waals surface area contributed by atoms with Crippen molar-refractivity contribution >= 4 is 16.5 Å². The molecule has 3 nitrogen and oxygen atoms in total. The second-order valence-electron chi connectivity index (χ2n) is 3.47. The summed E-state index contributed by atoms with van der Waals surface area (Å²) < 4.78 is 0.